The van der Waals surface area contributed by atoms with Crippen molar-refractivity contribution >= 4 is 10.0 Å². The Hall–Kier alpha value is -1.98. The van der Waals surface area contributed by atoms with Gasteiger partial charge in [-0.2, -0.15) is 9.52 Å². The number of alkyl halides is 1. The van der Waals surface area contributed by atoms with E-state index in [4.69, 9.17) is 0 Å². The summed E-state index contributed by atoms with van der Waals surface area (Å²) in [7, 11) is -3.77. The van der Waals surface area contributed by atoms with Crippen molar-refractivity contribution in [1.82, 2.24) is 29.8 Å². The van der Waals surface area contributed by atoms with Crippen LogP contribution in [0.4, 0.5) is 8.78 Å². The third-order valence-corrected chi connectivity index (χ3v) is 5.79. The van der Waals surface area contributed by atoms with Gasteiger partial charge in [-0.1, -0.05) is 0 Å². The van der Waals surface area contributed by atoms with E-state index in [2.05, 4.69) is 20.6 Å². The number of tetrazole rings is 1. The van der Waals surface area contributed by atoms with E-state index in [1.807, 2.05) is 4.90 Å². The molecule has 1 aromatic carbocycles. The highest BCUT2D eigenvalue weighted by Crippen LogP contribution is 2.25. The second kappa shape index (κ2) is 6.87. The van der Waals surface area contributed by atoms with Crippen molar-refractivity contribution in [2.24, 2.45) is 0 Å². The molecule has 0 radical (unpaired) electrons. The van der Waals surface area contributed by atoms with Crippen LogP contribution in [0.25, 0.3) is 11.4 Å². The third kappa shape index (κ3) is 3.28. The fourth-order valence-corrected chi connectivity index (χ4v) is 4.02. The molecule has 0 unspecified atom stereocenters. The molecule has 1 fully saturated rings. The Bertz CT molecular complexity index is 791. The van der Waals surface area contributed by atoms with Gasteiger partial charge in [0.25, 0.3) is 0 Å². The van der Waals surface area contributed by atoms with Crippen LogP contribution in [-0.4, -0.2) is 77.6 Å². The number of sulfonamides is 1. The van der Waals surface area contributed by atoms with E-state index >= 15 is 0 Å². The number of nitrogens with one attached hydrogen (secondary N) is 1. The van der Waals surface area contributed by atoms with E-state index in [9.17, 15) is 17.2 Å². The van der Waals surface area contributed by atoms with Gasteiger partial charge in [0, 0.05) is 32.7 Å². The Morgan fingerprint density at radius 2 is 1.96 bits per heavy atom. The Labute approximate surface area is 137 Å². The van der Waals surface area contributed by atoms with Crippen molar-refractivity contribution in [3.63, 3.8) is 0 Å². The molecule has 0 spiro atoms. The Balaban J connectivity index is 1.84. The first-order chi connectivity index (χ1) is 11.5. The smallest absolute Gasteiger partial charge is 0.243 e. The lowest BCUT2D eigenvalue weighted by Gasteiger charge is -2.33. The minimum Gasteiger partial charge on any atom is -0.298 e. The molecule has 0 amide bonds. The van der Waals surface area contributed by atoms with Gasteiger partial charge in [0.15, 0.2) is 0 Å². The van der Waals surface area contributed by atoms with Gasteiger partial charge in [-0.05, 0) is 23.4 Å². The van der Waals surface area contributed by atoms with E-state index in [0.29, 0.717) is 19.6 Å². The number of rotatable bonds is 5. The predicted octanol–water partition coefficient (Wildman–Crippen LogP) is 0.282. The maximum absolute atomic E-state index is 13.9. The van der Waals surface area contributed by atoms with E-state index in [-0.39, 0.29) is 29.4 Å². The van der Waals surface area contributed by atoms with Gasteiger partial charge in [-0.25, -0.2) is 17.2 Å². The van der Waals surface area contributed by atoms with E-state index in [0.717, 1.165) is 6.07 Å². The number of H-pyrrole nitrogens is 1. The zero-order valence-electron chi connectivity index (χ0n) is 12.7. The second-order valence-electron chi connectivity index (χ2n) is 5.31. The van der Waals surface area contributed by atoms with Gasteiger partial charge in [0.05, 0.1) is 10.5 Å². The summed E-state index contributed by atoms with van der Waals surface area (Å²) in [4.78, 5) is 1.82. The topological polar surface area (TPSA) is 95.1 Å². The minimum absolute atomic E-state index is 0.0164. The third-order valence-electron chi connectivity index (χ3n) is 3.89. The van der Waals surface area contributed by atoms with Crippen LogP contribution in [0, 0.1) is 5.82 Å². The highest BCUT2D eigenvalue weighted by molar-refractivity contribution is 7.89. The number of nitrogens with zero attached hydrogens (tertiary/aromatic N) is 5. The number of benzene rings is 1. The van der Waals surface area contributed by atoms with Crippen LogP contribution >= 0.6 is 0 Å². The maximum Gasteiger partial charge on any atom is 0.243 e. The molecule has 0 aliphatic carbocycles. The van der Waals surface area contributed by atoms with Gasteiger partial charge < -0.3 is 0 Å². The molecule has 11 heteroatoms. The summed E-state index contributed by atoms with van der Waals surface area (Å²) in [5.74, 6) is -0.652. The quantitative estimate of drug-likeness (QED) is 0.825. The second-order valence-corrected chi connectivity index (χ2v) is 7.25. The zero-order chi connectivity index (χ0) is 17.2. The van der Waals surface area contributed by atoms with Crippen LogP contribution in [0.5, 0.6) is 0 Å². The zero-order valence-corrected chi connectivity index (χ0v) is 13.5. The highest BCUT2D eigenvalue weighted by atomic mass is 32.2. The predicted molar refractivity (Wildman–Crippen MR) is 80.7 cm³/mol. The summed E-state index contributed by atoms with van der Waals surface area (Å²) in [5, 5.41) is 12.9. The normalized spacial score (nSPS) is 17.2. The van der Waals surface area contributed by atoms with Crippen molar-refractivity contribution in [3.05, 3.63) is 24.0 Å². The monoisotopic (exact) mass is 358 g/mol. The van der Waals surface area contributed by atoms with Crippen LogP contribution in [0.1, 0.15) is 0 Å². The molecule has 1 aliphatic rings. The molecule has 2 heterocycles. The highest BCUT2D eigenvalue weighted by Gasteiger charge is 2.29. The number of aromatic amines is 1. The molecule has 2 aromatic rings. The molecular weight excluding hydrogens is 342 g/mol. The standard InChI is InChI=1S/C13H16F2N6O2S/c14-3-4-20-5-7-21(8-6-20)24(22,23)10-1-2-12(15)11(9-10)13-16-18-19-17-13/h1-2,9H,3-8H2,(H,16,17,18,19). The SMILES string of the molecule is O=S(=O)(c1ccc(F)c(-c2nn[nH]n2)c1)N1CCN(CCF)CC1. The largest absolute Gasteiger partial charge is 0.298 e. The molecule has 130 valence electrons. The van der Waals surface area contributed by atoms with Crippen LogP contribution in [0.2, 0.25) is 0 Å². The number of piperazine rings is 1. The number of hydrogen-bond donors (Lipinski definition) is 1. The summed E-state index contributed by atoms with van der Waals surface area (Å²) in [6, 6.07) is 3.48. The number of halogens is 2. The molecule has 0 atom stereocenters. The maximum atomic E-state index is 13.9. The molecule has 24 heavy (non-hydrogen) atoms. The lowest BCUT2D eigenvalue weighted by molar-refractivity contribution is 0.177. The van der Waals surface area contributed by atoms with Crippen LogP contribution < -0.4 is 0 Å². The average molecular weight is 358 g/mol. The molecule has 1 aromatic heterocycles. The minimum atomic E-state index is -3.77. The van der Waals surface area contributed by atoms with Gasteiger partial charge in [-0.15, -0.1) is 10.2 Å². The molecule has 1 saturated heterocycles. The van der Waals surface area contributed by atoms with Crippen molar-refractivity contribution in [2.45, 2.75) is 4.90 Å². The number of aromatic nitrogens is 4. The van der Waals surface area contributed by atoms with Gasteiger partial charge in [0.1, 0.15) is 12.5 Å². The summed E-state index contributed by atoms with van der Waals surface area (Å²) >= 11 is 0. The van der Waals surface area contributed by atoms with Gasteiger partial charge in [0.2, 0.25) is 15.8 Å². The van der Waals surface area contributed by atoms with Crippen LogP contribution in [0.3, 0.4) is 0 Å². The summed E-state index contributed by atoms with van der Waals surface area (Å²) in [6.45, 7) is 1.28. The summed E-state index contributed by atoms with van der Waals surface area (Å²) in [6.07, 6.45) is 0. The van der Waals surface area contributed by atoms with Gasteiger partial charge in [-0.3, -0.25) is 4.90 Å². The average Bonchev–Trinajstić information content (AvgIpc) is 3.10. The molecule has 0 saturated carbocycles. The van der Waals surface area contributed by atoms with E-state index < -0.39 is 22.5 Å². The van der Waals surface area contributed by atoms with E-state index in [1.54, 1.807) is 0 Å². The van der Waals surface area contributed by atoms with Crippen molar-refractivity contribution in [1.29, 1.82) is 0 Å². The summed E-state index contributed by atoms with van der Waals surface area (Å²) < 4.78 is 53.1. The molecule has 0 bridgehead atoms. The van der Waals surface area contributed by atoms with Crippen LogP contribution in [0.15, 0.2) is 23.1 Å². The fourth-order valence-electron chi connectivity index (χ4n) is 2.57. The first kappa shape index (κ1) is 16.9. The lowest BCUT2D eigenvalue weighted by Crippen LogP contribution is -2.49. The van der Waals surface area contributed by atoms with Crippen molar-refractivity contribution in [2.75, 3.05) is 39.4 Å². The Morgan fingerprint density at radius 1 is 1.21 bits per heavy atom. The van der Waals surface area contributed by atoms with Crippen LogP contribution in [-0.2, 0) is 10.0 Å². The molecule has 1 N–H and O–H groups in total. The van der Waals surface area contributed by atoms with Gasteiger partial charge >= 0.3 is 0 Å². The molecule has 3 rings (SSSR count). The first-order valence-electron chi connectivity index (χ1n) is 7.34. The lowest BCUT2D eigenvalue weighted by atomic mass is 10.2. The van der Waals surface area contributed by atoms with Crippen molar-refractivity contribution in [3.8, 4) is 11.4 Å². The first-order valence-corrected chi connectivity index (χ1v) is 8.78. The molecule has 1 aliphatic heterocycles. The van der Waals surface area contributed by atoms with Crippen molar-refractivity contribution < 1.29 is 17.2 Å². The molecule has 8 nitrogen and oxygen atoms in total. The Kier molecular flexibility index (Phi) is 4.83. The number of hydrogen-bond acceptors (Lipinski definition) is 6. The Morgan fingerprint density at radius 3 is 2.58 bits per heavy atom. The van der Waals surface area contributed by atoms with E-state index in [1.165, 1.54) is 16.4 Å². The fraction of sp³-hybridized carbons (Fsp3) is 0.462. The molecular formula is C13H16F2N6O2S. The summed E-state index contributed by atoms with van der Waals surface area (Å²) in [5.41, 5.74) is -0.0408.